The minimum Gasteiger partial charge on any atom is -0.459 e. The SMILES string of the molecule is C=CCO[C@@]12Oc3ccc(Oc4ccc(SC)cc4)cc3[C@H]3[C@H](CCCCO)[C@@H](CCCCO)C=C(C(=NOCC)C[C@@H]1N(Cc1cccc4ccccc14)C(=O)OCC)[C@H]32. The first kappa shape index (κ1) is 44.3. The molecule has 61 heavy (non-hydrogen) atoms. The Balaban J connectivity index is 1.45. The predicted molar refractivity (Wildman–Crippen MR) is 241 cm³/mol. The minimum absolute atomic E-state index is 0.0747. The van der Waals surface area contributed by atoms with Crippen LogP contribution in [0, 0.1) is 17.8 Å². The van der Waals surface area contributed by atoms with E-state index in [1.165, 1.54) is 0 Å². The van der Waals surface area contributed by atoms with Crippen LogP contribution in [-0.4, -0.2) is 78.0 Å². The fraction of sp³-hybridized carbons (Fsp3) is 0.440. The maximum atomic E-state index is 14.6. The number of oxime groups is 1. The lowest BCUT2D eigenvalue weighted by atomic mass is 9.55. The van der Waals surface area contributed by atoms with Gasteiger partial charge in [0.1, 0.15) is 29.9 Å². The van der Waals surface area contributed by atoms with Gasteiger partial charge in [-0.05, 0) is 122 Å². The number of ether oxygens (including phenoxy) is 4. The van der Waals surface area contributed by atoms with Crippen molar-refractivity contribution in [1.82, 2.24) is 4.90 Å². The summed E-state index contributed by atoms with van der Waals surface area (Å²) in [5, 5.41) is 26.8. The van der Waals surface area contributed by atoms with Crippen molar-refractivity contribution in [3.8, 4) is 17.2 Å². The van der Waals surface area contributed by atoms with Gasteiger partial charge in [-0.15, -0.1) is 18.3 Å². The first-order valence-electron chi connectivity index (χ1n) is 21.8. The summed E-state index contributed by atoms with van der Waals surface area (Å²) in [4.78, 5) is 23.4. The summed E-state index contributed by atoms with van der Waals surface area (Å²) in [5.74, 6) is 0.186. The van der Waals surface area contributed by atoms with Crippen LogP contribution in [0.3, 0.4) is 0 Å². The molecule has 0 saturated heterocycles. The zero-order valence-electron chi connectivity index (χ0n) is 35.7. The molecular formula is C50H60N2O8S. The molecule has 0 unspecified atom stereocenters. The zero-order valence-corrected chi connectivity index (χ0v) is 36.5. The number of amides is 1. The van der Waals surface area contributed by atoms with Gasteiger partial charge < -0.3 is 34.0 Å². The van der Waals surface area contributed by atoms with E-state index in [4.69, 9.17) is 28.9 Å². The number of allylic oxidation sites excluding steroid dienone is 1. The van der Waals surface area contributed by atoms with E-state index in [0.717, 1.165) is 69.5 Å². The minimum atomic E-state index is -1.42. The van der Waals surface area contributed by atoms with Crippen LogP contribution in [0.4, 0.5) is 4.79 Å². The van der Waals surface area contributed by atoms with Gasteiger partial charge in [0.15, 0.2) is 0 Å². The van der Waals surface area contributed by atoms with Crippen molar-refractivity contribution in [1.29, 1.82) is 0 Å². The highest BCUT2D eigenvalue weighted by Crippen LogP contribution is 2.62. The average molecular weight is 849 g/mol. The van der Waals surface area contributed by atoms with Crippen molar-refractivity contribution in [2.45, 2.75) is 88.0 Å². The largest absolute Gasteiger partial charge is 0.459 e. The molecule has 1 heterocycles. The molecule has 4 aromatic carbocycles. The van der Waals surface area contributed by atoms with Crippen LogP contribution in [0.25, 0.3) is 10.8 Å². The van der Waals surface area contributed by atoms with Gasteiger partial charge in [0.2, 0.25) is 5.79 Å². The molecule has 324 valence electrons. The van der Waals surface area contributed by atoms with E-state index < -0.39 is 23.8 Å². The molecule has 1 fully saturated rings. The van der Waals surface area contributed by atoms with Gasteiger partial charge in [-0.3, -0.25) is 4.90 Å². The number of aliphatic hydroxyl groups is 2. The van der Waals surface area contributed by atoms with Crippen molar-refractivity contribution < 1.29 is 38.8 Å². The van der Waals surface area contributed by atoms with Crippen LogP contribution in [0.15, 0.2) is 119 Å². The first-order valence-corrected chi connectivity index (χ1v) is 23.0. The Morgan fingerprint density at radius 2 is 1.70 bits per heavy atom. The molecular weight excluding hydrogens is 789 g/mol. The van der Waals surface area contributed by atoms with Crippen LogP contribution < -0.4 is 9.47 Å². The molecule has 10 nitrogen and oxygen atoms in total. The Labute approximate surface area is 364 Å². The highest BCUT2D eigenvalue weighted by atomic mass is 32.2. The van der Waals surface area contributed by atoms with Crippen molar-refractivity contribution >= 4 is 34.3 Å². The smallest absolute Gasteiger partial charge is 0.410 e. The molecule has 0 radical (unpaired) electrons. The van der Waals surface area contributed by atoms with Crippen LogP contribution in [-0.2, 0) is 20.9 Å². The van der Waals surface area contributed by atoms with E-state index in [-0.39, 0.29) is 57.1 Å². The number of nitrogens with zero attached hydrogens (tertiary/aromatic N) is 2. The highest BCUT2D eigenvalue weighted by Gasteiger charge is 2.65. The Kier molecular flexibility index (Phi) is 15.1. The summed E-state index contributed by atoms with van der Waals surface area (Å²) < 4.78 is 27.0. The van der Waals surface area contributed by atoms with Gasteiger partial charge in [0.05, 0.1) is 31.4 Å². The lowest BCUT2D eigenvalue weighted by Gasteiger charge is -2.59. The van der Waals surface area contributed by atoms with E-state index in [9.17, 15) is 15.0 Å². The van der Waals surface area contributed by atoms with Crippen LogP contribution >= 0.6 is 11.8 Å². The second-order valence-corrected chi connectivity index (χ2v) is 16.8. The summed E-state index contributed by atoms with van der Waals surface area (Å²) >= 11 is 1.68. The summed E-state index contributed by atoms with van der Waals surface area (Å²) in [6.07, 6.45) is 10.6. The molecule has 7 rings (SSSR count). The third-order valence-electron chi connectivity index (χ3n) is 12.3. The molecule has 1 saturated carbocycles. The average Bonchev–Trinajstić information content (AvgIpc) is 3.28. The van der Waals surface area contributed by atoms with E-state index in [1.807, 2.05) is 68.4 Å². The Bertz CT molecular complexity index is 2170. The van der Waals surface area contributed by atoms with Crippen molar-refractivity contribution in [3.63, 3.8) is 0 Å². The number of unbranched alkanes of at least 4 members (excludes halogenated alkanes) is 2. The third-order valence-corrected chi connectivity index (χ3v) is 13.1. The van der Waals surface area contributed by atoms with Crippen molar-refractivity contribution in [3.05, 3.63) is 120 Å². The van der Waals surface area contributed by atoms with E-state index >= 15 is 0 Å². The van der Waals surface area contributed by atoms with E-state index in [1.54, 1.807) is 22.7 Å². The zero-order chi connectivity index (χ0) is 42.8. The van der Waals surface area contributed by atoms with Crippen LogP contribution in [0.2, 0.25) is 0 Å². The number of carbonyl (C=O) groups is 1. The van der Waals surface area contributed by atoms with Gasteiger partial charge in [-0.2, -0.15) is 0 Å². The predicted octanol–water partition coefficient (Wildman–Crippen LogP) is 10.7. The number of hydrogen-bond acceptors (Lipinski definition) is 10. The topological polar surface area (TPSA) is 119 Å². The Morgan fingerprint density at radius 3 is 2.44 bits per heavy atom. The van der Waals surface area contributed by atoms with Crippen LogP contribution in [0.1, 0.15) is 75.8 Å². The van der Waals surface area contributed by atoms with Gasteiger partial charge in [-0.1, -0.05) is 72.6 Å². The number of thioether (sulfide) groups is 1. The Hall–Kier alpha value is -4.81. The third kappa shape index (κ3) is 9.50. The summed E-state index contributed by atoms with van der Waals surface area (Å²) in [5.41, 5.74) is 3.66. The van der Waals surface area contributed by atoms with Gasteiger partial charge >= 0.3 is 6.09 Å². The molecule has 4 aromatic rings. The monoisotopic (exact) mass is 848 g/mol. The maximum Gasteiger partial charge on any atom is 0.410 e. The number of carbonyl (C=O) groups excluding carboxylic acids is 1. The number of hydrogen-bond donors (Lipinski definition) is 2. The standard InChI is InChI=1S/C50H60N2O8S/c1-5-29-57-50-46(52(49(55)56-6-2)33-36-18-14-17-34-15-8-9-19-40(34)36)32-44(51-58-7-3)42-30-35(16-10-12-27-53)41(20-11-13-28-54)47(48(42)50)43-31-38(23-26-45(43)60-50)59-37-21-24-39(61-4)25-22-37/h5,8-9,14-15,17-19,21-26,30-31,35,41,46-48,53-54H,1,6-7,10-13,16,20,27-29,32-33H2,2-4H3/t35-,41+,46-,47+,48+,50+/m0/s1. The fourth-order valence-electron chi connectivity index (χ4n) is 9.76. The molecule has 3 aliphatic rings. The van der Waals surface area contributed by atoms with Gasteiger partial charge in [0.25, 0.3) is 0 Å². The molecule has 2 N–H and O–H groups in total. The second-order valence-electron chi connectivity index (χ2n) is 15.9. The van der Waals surface area contributed by atoms with Gasteiger partial charge in [-0.25, -0.2) is 4.79 Å². The Morgan fingerprint density at radius 1 is 0.951 bits per heavy atom. The molecule has 11 heteroatoms. The summed E-state index contributed by atoms with van der Waals surface area (Å²) in [6, 6.07) is 27.7. The number of benzene rings is 4. The van der Waals surface area contributed by atoms with Crippen molar-refractivity contribution in [2.24, 2.45) is 22.9 Å². The highest BCUT2D eigenvalue weighted by molar-refractivity contribution is 7.98. The molecule has 1 aliphatic heterocycles. The first-order chi connectivity index (χ1) is 29.9. The number of aliphatic hydroxyl groups excluding tert-OH is 2. The number of rotatable bonds is 20. The summed E-state index contributed by atoms with van der Waals surface area (Å²) in [6.45, 7) is 8.96. The van der Waals surface area contributed by atoms with E-state index in [0.29, 0.717) is 30.9 Å². The summed E-state index contributed by atoms with van der Waals surface area (Å²) in [7, 11) is 0. The molecule has 0 spiro atoms. The second kappa shape index (κ2) is 20.8. The maximum absolute atomic E-state index is 14.6. The fourth-order valence-corrected chi connectivity index (χ4v) is 10.2. The molecule has 2 aliphatic carbocycles. The quantitative estimate of drug-likeness (QED) is 0.0388. The lowest BCUT2D eigenvalue weighted by molar-refractivity contribution is -0.256. The molecule has 1 amide bonds. The lowest BCUT2D eigenvalue weighted by Crippen LogP contribution is -2.70. The molecule has 0 aromatic heterocycles. The number of fused-ring (bicyclic) bond motifs is 3. The normalized spacial score (nSPS) is 23.3. The van der Waals surface area contributed by atoms with Crippen LogP contribution in [0.5, 0.6) is 17.2 Å². The van der Waals surface area contributed by atoms with Crippen molar-refractivity contribution in [2.75, 3.05) is 39.3 Å². The van der Waals surface area contributed by atoms with Gasteiger partial charge in [0, 0.05) is 36.0 Å². The van der Waals surface area contributed by atoms with E-state index in [2.05, 4.69) is 49.2 Å². The molecule has 0 bridgehead atoms. The molecule has 6 atom stereocenters.